The predicted octanol–water partition coefficient (Wildman–Crippen LogP) is 2.27. The molecule has 4 heteroatoms. The summed E-state index contributed by atoms with van der Waals surface area (Å²) in [4.78, 5) is 14.4. The van der Waals surface area contributed by atoms with Crippen molar-refractivity contribution in [2.75, 3.05) is 13.1 Å². The van der Waals surface area contributed by atoms with E-state index in [0.717, 1.165) is 24.8 Å². The number of nitrogens with one attached hydrogen (secondary N) is 1. The van der Waals surface area contributed by atoms with Gasteiger partial charge in [0, 0.05) is 12.1 Å². The first-order valence-electron chi connectivity index (χ1n) is 8.74. The maximum atomic E-state index is 11.7. The Morgan fingerprint density at radius 2 is 2.05 bits per heavy atom. The molecule has 1 saturated heterocycles. The van der Waals surface area contributed by atoms with Crippen LogP contribution in [0.15, 0.2) is 0 Å². The summed E-state index contributed by atoms with van der Waals surface area (Å²) < 4.78 is 0. The fourth-order valence-corrected chi connectivity index (χ4v) is 3.62. The van der Waals surface area contributed by atoms with Crippen molar-refractivity contribution in [2.24, 2.45) is 11.7 Å². The number of hydrogen-bond acceptors (Lipinski definition) is 3. The third-order valence-electron chi connectivity index (χ3n) is 5.20. The van der Waals surface area contributed by atoms with E-state index >= 15 is 0 Å². The molecule has 1 aliphatic carbocycles. The van der Waals surface area contributed by atoms with Crippen molar-refractivity contribution < 1.29 is 4.79 Å². The molecule has 1 amide bonds. The van der Waals surface area contributed by atoms with Crippen molar-refractivity contribution in [1.82, 2.24) is 10.2 Å². The minimum atomic E-state index is -0.510. The summed E-state index contributed by atoms with van der Waals surface area (Å²) in [5.41, 5.74) is 5.09. The van der Waals surface area contributed by atoms with Crippen molar-refractivity contribution in [3.8, 4) is 0 Å². The van der Waals surface area contributed by atoms with Crippen molar-refractivity contribution in [3.63, 3.8) is 0 Å². The number of rotatable bonds is 9. The molecule has 2 unspecified atom stereocenters. The average Bonchev–Trinajstić information content (AvgIpc) is 3.08. The topological polar surface area (TPSA) is 58.4 Å². The van der Waals surface area contributed by atoms with Crippen LogP contribution in [0.3, 0.4) is 0 Å². The first kappa shape index (κ1) is 16.8. The van der Waals surface area contributed by atoms with Crippen LogP contribution < -0.4 is 11.1 Å². The molecule has 0 bridgehead atoms. The molecular formula is C17H33N3O. The van der Waals surface area contributed by atoms with E-state index in [9.17, 15) is 4.79 Å². The third-order valence-corrected chi connectivity index (χ3v) is 5.20. The van der Waals surface area contributed by atoms with Gasteiger partial charge in [0.2, 0.25) is 5.91 Å². The summed E-state index contributed by atoms with van der Waals surface area (Å²) in [5, 5.41) is 3.43. The zero-order valence-corrected chi connectivity index (χ0v) is 14.0. The van der Waals surface area contributed by atoms with Gasteiger partial charge in [0.05, 0.1) is 5.54 Å². The van der Waals surface area contributed by atoms with Gasteiger partial charge in [0.25, 0.3) is 0 Å². The Morgan fingerprint density at radius 3 is 2.62 bits per heavy atom. The molecular weight excluding hydrogens is 262 g/mol. The monoisotopic (exact) mass is 295 g/mol. The number of nitrogens with zero attached hydrogens (tertiary/aromatic N) is 1. The molecule has 0 radical (unpaired) electrons. The Hall–Kier alpha value is -0.610. The van der Waals surface area contributed by atoms with Crippen LogP contribution in [0.4, 0.5) is 0 Å². The second-order valence-corrected chi connectivity index (χ2v) is 7.56. The molecule has 0 aromatic rings. The van der Waals surface area contributed by atoms with Crippen LogP contribution in [0, 0.1) is 5.92 Å². The molecule has 122 valence electrons. The van der Waals surface area contributed by atoms with E-state index in [-0.39, 0.29) is 5.91 Å². The van der Waals surface area contributed by atoms with Gasteiger partial charge in [0.15, 0.2) is 0 Å². The van der Waals surface area contributed by atoms with Crippen molar-refractivity contribution in [2.45, 2.75) is 83.3 Å². The lowest BCUT2D eigenvalue weighted by Gasteiger charge is -2.30. The number of amides is 1. The average molecular weight is 295 g/mol. The van der Waals surface area contributed by atoms with Gasteiger partial charge in [-0.1, -0.05) is 13.8 Å². The van der Waals surface area contributed by atoms with Gasteiger partial charge in [-0.15, -0.1) is 0 Å². The van der Waals surface area contributed by atoms with Crippen LogP contribution in [0.5, 0.6) is 0 Å². The van der Waals surface area contributed by atoms with Gasteiger partial charge in [0.1, 0.15) is 0 Å². The van der Waals surface area contributed by atoms with E-state index in [0.29, 0.717) is 6.04 Å². The summed E-state index contributed by atoms with van der Waals surface area (Å²) in [6.07, 6.45) is 8.16. The van der Waals surface area contributed by atoms with Gasteiger partial charge in [-0.25, -0.2) is 0 Å². The molecule has 2 aliphatic rings. The third kappa shape index (κ3) is 4.68. The lowest BCUT2D eigenvalue weighted by molar-refractivity contribution is -0.124. The van der Waals surface area contributed by atoms with E-state index < -0.39 is 5.54 Å². The van der Waals surface area contributed by atoms with E-state index in [1.807, 2.05) is 6.92 Å². The maximum absolute atomic E-state index is 11.7. The van der Waals surface area contributed by atoms with Crippen molar-refractivity contribution in [3.05, 3.63) is 0 Å². The molecule has 1 saturated carbocycles. The number of hydrogen-bond donors (Lipinski definition) is 2. The number of unbranched alkanes of at least 4 members (excludes halogenated alkanes) is 1. The number of carbonyl (C=O) groups is 1. The van der Waals surface area contributed by atoms with Gasteiger partial charge >= 0.3 is 0 Å². The Labute approximate surface area is 129 Å². The number of likely N-dealkylation sites (tertiary alicyclic amines) is 1. The second kappa shape index (κ2) is 7.10. The summed E-state index contributed by atoms with van der Waals surface area (Å²) in [5.74, 6) is 0.551. The first-order chi connectivity index (χ1) is 9.92. The number of nitrogens with two attached hydrogens (primary N) is 1. The molecule has 21 heavy (non-hydrogen) atoms. The highest BCUT2D eigenvalue weighted by Crippen LogP contribution is 2.26. The van der Waals surface area contributed by atoms with Gasteiger partial charge in [-0.2, -0.15) is 0 Å². The van der Waals surface area contributed by atoms with Gasteiger partial charge in [-0.05, 0) is 70.9 Å². The number of carbonyl (C=O) groups excluding carboxylic acids is 1. The van der Waals surface area contributed by atoms with E-state index in [2.05, 4.69) is 24.1 Å². The Bertz CT molecular complexity index is 354. The summed E-state index contributed by atoms with van der Waals surface area (Å²) in [7, 11) is 0. The highest BCUT2D eigenvalue weighted by atomic mass is 16.1. The molecule has 4 nitrogen and oxygen atoms in total. The quantitative estimate of drug-likeness (QED) is 0.642. The standard InChI is InChI=1S/C17H33N3O/c1-13(2)15-7-6-12-20(15)11-5-4-10-17(3,16(18)21)19-14-8-9-14/h13-15,19H,4-12H2,1-3H3,(H2,18,21). The van der Waals surface area contributed by atoms with Crippen LogP contribution in [0.25, 0.3) is 0 Å². The highest BCUT2D eigenvalue weighted by molar-refractivity contribution is 5.84. The van der Waals surface area contributed by atoms with E-state index in [1.54, 1.807) is 0 Å². The maximum Gasteiger partial charge on any atom is 0.237 e. The molecule has 2 rings (SSSR count). The minimum absolute atomic E-state index is 0.198. The Morgan fingerprint density at radius 1 is 1.33 bits per heavy atom. The molecule has 1 aliphatic heterocycles. The van der Waals surface area contributed by atoms with E-state index in [4.69, 9.17) is 5.73 Å². The first-order valence-corrected chi connectivity index (χ1v) is 8.74. The SMILES string of the molecule is CC(C)C1CCCN1CCCCC(C)(NC1CC1)C(N)=O. The molecule has 0 spiro atoms. The van der Waals surface area contributed by atoms with Crippen LogP contribution in [0.1, 0.15) is 65.7 Å². The summed E-state index contributed by atoms with van der Waals surface area (Å²) in [6, 6.07) is 1.28. The highest BCUT2D eigenvalue weighted by Gasteiger charge is 2.36. The van der Waals surface area contributed by atoms with Crippen LogP contribution in [-0.4, -0.2) is 41.5 Å². The van der Waals surface area contributed by atoms with Gasteiger partial charge in [-0.3, -0.25) is 4.79 Å². The van der Waals surface area contributed by atoms with Crippen molar-refractivity contribution in [1.29, 1.82) is 0 Å². The fourth-order valence-electron chi connectivity index (χ4n) is 3.62. The fraction of sp³-hybridized carbons (Fsp3) is 0.941. The smallest absolute Gasteiger partial charge is 0.237 e. The predicted molar refractivity (Wildman–Crippen MR) is 87.0 cm³/mol. The Kier molecular flexibility index (Phi) is 5.67. The summed E-state index contributed by atoms with van der Waals surface area (Å²) >= 11 is 0. The molecule has 1 heterocycles. The minimum Gasteiger partial charge on any atom is -0.368 e. The zero-order chi connectivity index (χ0) is 15.5. The largest absolute Gasteiger partial charge is 0.368 e. The van der Waals surface area contributed by atoms with Crippen molar-refractivity contribution >= 4 is 5.91 Å². The Balaban J connectivity index is 1.71. The lowest BCUT2D eigenvalue weighted by Crippen LogP contribution is -2.54. The molecule has 3 N–H and O–H groups in total. The lowest BCUT2D eigenvalue weighted by atomic mass is 9.93. The second-order valence-electron chi connectivity index (χ2n) is 7.56. The summed E-state index contributed by atoms with van der Waals surface area (Å²) in [6.45, 7) is 9.04. The molecule has 0 aromatic carbocycles. The van der Waals surface area contributed by atoms with Crippen LogP contribution in [-0.2, 0) is 4.79 Å². The van der Waals surface area contributed by atoms with Gasteiger partial charge < -0.3 is 16.0 Å². The number of primary amides is 1. The molecule has 2 fully saturated rings. The normalized spacial score (nSPS) is 26.2. The van der Waals surface area contributed by atoms with Crippen LogP contribution >= 0.6 is 0 Å². The molecule has 2 atom stereocenters. The van der Waals surface area contributed by atoms with Crippen LogP contribution in [0.2, 0.25) is 0 Å². The van der Waals surface area contributed by atoms with E-state index in [1.165, 1.54) is 45.2 Å². The zero-order valence-electron chi connectivity index (χ0n) is 14.0. The molecule has 0 aromatic heterocycles.